The zero-order valence-corrected chi connectivity index (χ0v) is 13.2. The molecule has 0 spiro atoms. The first-order chi connectivity index (χ1) is 11.1. The molecule has 1 aromatic carbocycles. The number of likely N-dealkylation sites (tertiary alicyclic amines) is 1. The molecule has 2 amide bonds. The normalized spacial score (nSPS) is 13.9. The van der Waals surface area contributed by atoms with Gasteiger partial charge in [0.1, 0.15) is 0 Å². The summed E-state index contributed by atoms with van der Waals surface area (Å²) >= 11 is 5.82. The minimum atomic E-state index is -0.309. The second-order valence-corrected chi connectivity index (χ2v) is 5.86. The van der Waals surface area contributed by atoms with Gasteiger partial charge in [-0.2, -0.15) is 0 Å². The zero-order valence-electron chi connectivity index (χ0n) is 12.5. The van der Waals surface area contributed by atoms with Crippen LogP contribution in [0.2, 0.25) is 5.02 Å². The van der Waals surface area contributed by atoms with Gasteiger partial charge < -0.3 is 10.2 Å². The average Bonchev–Trinajstić information content (AvgIpc) is 3.11. The van der Waals surface area contributed by atoms with E-state index in [0.29, 0.717) is 21.8 Å². The van der Waals surface area contributed by atoms with Gasteiger partial charge in [-0.25, -0.2) is 0 Å². The van der Waals surface area contributed by atoms with Crippen LogP contribution in [-0.4, -0.2) is 34.8 Å². The van der Waals surface area contributed by atoms with Crippen molar-refractivity contribution in [3.8, 4) is 0 Å². The minimum absolute atomic E-state index is 0.0730. The fourth-order valence-electron chi connectivity index (χ4n) is 2.52. The highest BCUT2D eigenvalue weighted by atomic mass is 35.5. The molecule has 1 saturated heterocycles. The maximum absolute atomic E-state index is 12.4. The quantitative estimate of drug-likeness (QED) is 0.940. The van der Waals surface area contributed by atoms with Gasteiger partial charge in [0.15, 0.2) is 0 Å². The molecule has 1 aromatic heterocycles. The van der Waals surface area contributed by atoms with Crippen LogP contribution in [0.5, 0.6) is 0 Å². The fourth-order valence-corrected chi connectivity index (χ4v) is 2.65. The highest BCUT2D eigenvalue weighted by Gasteiger charge is 2.20. The van der Waals surface area contributed by atoms with Crippen molar-refractivity contribution in [1.82, 2.24) is 9.88 Å². The van der Waals surface area contributed by atoms with Gasteiger partial charge in [-0.1, -0.05) is 11.6 Å². The molecule has 1 aliphatic rings. The number of aromatic nitrogens is 1. The van der Waals surface area contributed by atoms with E-state index >= 15 is 0 Å². The molecular weight excluding hydrogens is 314 g/mol. The third kappa shape index (κ3) is 3.68. The molecule has 0 saturated carbocycles. The van der Waals surface area contributed by atoms with Crippen molar-refractivity contribution in [3.63, 3.8) is 0 Å². The number of nitrogens with one attached hydrogen (secondary N) is 1. The Morgan fingerprint density at radius 2 is 1.70 bits per heavy atom. The van der Waals surface area contributed by atoms with E-state index in [0.717, 1.165) is 25.9 Å². The summed E-state index contributed by atoms with van der Waals surface area (Å²) in [5.41, 5.74) is 1.43. The minimum Gasteiger partial charge on any atom is -0.339 e. The van der Waals surface area contributed by atoms with E-state index in [-0.39, 0.29) is 11.8 Å². The number of rotatable bonds is 3. The number of hydrogen-bond acceptors (Lipinski definition) is 3. The molecular formula is C17H16ClN3O2. The summed E-state index contributed by atoms with van der Waals surface area (Å²) in [5, 5.41) is 3.36. The SMILES string of the molecule is O=C(Nc1ccc(Cl)cc1)c1cncc(C(=O)N2CCCC2)c1. The lowest BCUT2D eigenvalue weighted by atomic mass is 10.1. The van der Waals surface area contributed by atoms with E-state index < -0.39 is 0 Å². The van der Waals surface area contributed by atoms with Crippen molar-refractivity contribution in [1.29, 1.82) is 0 Å². The lowest BCUT2D eigenvalue weighted by Crippen LogP contribution is -2.28. The third-order valence-electron chi connectivity index (χ3n) is 3.74. The average molecular weight is 330 g/mol. The molecule has 6 heteroatoms. The molecule has 1 N–H and O–H groups in total. The van der Waals surface area contributed by atoms with Crippen LogP contribution in [0.1, 0.15) is 33.6 Å². The predicted octanol–water partition coefficient (Wildman–Crippen LogP) is 3.22. The Kier molecular flexibility index (Phi) is 4.57. The Morgan fingerprint density at radius 1 is 1.04 bits per heavy atom. The summed E-state index contributed by atoms with van der Waals surface area (Å²) in [7, 11) is 0. The summed E-state index contributed by atoms with van der Waals surface area (Å²) in [6.07, 6.45) is 5.00. The molecule has 0 unspecified atom stereocenters. The van der Waals surface area contributed by atoms with Gasteiger partial charge in [-0.3, -0.25) is 14.6 Å². The van der Waals surface area contributed by atoms with Gasteiger partial charge in [0.2, 0.25) is 0 Å². The second-order valence-electron chi connectivity index (χ2n) is 5.42. The largest absolute Gasteiger partial charge is 0.339 e. The molecule has 0 bridgehead atoms. The summed E-state index contributed by atoms with van der Waals surface area (Å²) in [5.74, 6) is -0.382. The molecule has 0 aliphatic carbocycles. The van der Waals surface area contributed by atoms with Gasteiger partial charge in [0.25, 0.3) is 11.8 Å². The fraction of sp³-hybridized carbons (Fsp3) is 0.235. The summed E-state index contributed by atoms with van der Waals surface area (Å²) in [6, 6.07) is 8.41. The van der Waals surface area contributed by atoms with Crippen LogP contribution in [0.3, 0.4) is 0 Å². The first kappa shape index (κ1) is 15.5. The number of anilines is 1. The first-order valence-electron chi connectivity index (χ1n) is 7.45. The van der Waals surface area contributed by atoms with Crippen molar-refractivity contribution in [2.45, 2.75) is 12.8 Å². The predicted molar refractivity (Wildman–Crippen MR) is 88.8 cm³/mol. The number of hydrogen-bond donors (Lipinski definition) is 1. The number of nitrogens with zero attached hydrogens (tertiary/aromatic N) is 2. The smallest absolute Gasteiger partial charge is 0.257 e. The number of benzene rings is 1. The van der Waals surface area contributed by atoms with Crippen molar-refractivity contribution in [2.75, 3.05) is 18.4 Å². The number of halogens is 1. The highest BCUT2D eigenvalue weighted by molar-refractivity contribution is 6.30. The van der Waals surface area contributed by atoms with Crippen LogP contribution in [0.15, 0.2) is 42.7 Å². The third-order valence-corrected chi connectivity index (χ3v) is 3.99. The molecule has 5 nitrogen and oxygen atoms in total. The zero-order chi connectivity index (χ0) is 16.2. The van der Waals surface area contributed by atoms with Crippen LogP contribution in [-0.2, 0) is 0 Å². The maximum Gasteiger partial charge on any atom is 0.257 e. The summed E-state index contributed by atoms with van der Waals surface area (Å²) in [6.45, 7) is 1.53. The van der Waals surface area contributed by atoms with Gasteiger partial charge in [0.05, 0.1) is 11.1 Å². The van der Waals surface area contributed by atoms with Crippen molar-refractivity contribution in [3.05, 3.63) is 58.9 Å². The molecule has 0 atom stereocenters. The van der Waals surface area contributed by atoms with Crippen LogP contribution >= 0.6 is 11.6 Å². The van der Waals surface area contributed by atoms with E-state index in [1.165, 1.54) is 12.4 Å². The van der Waals surface area contributed by atoms with Crippen LogP contribution < -0.4 is 5.32 Å². The Bertz CT molecular complexity index is 725. The number of pyridine rings is 1. The monoisotopic (exact) mass is 329 g/mol. The Morgan fingerprint density at radius 3 is 2.39 bits per heavy atom. The summed E-state index contributed by atoms with van der Waals surface area (Å²) in [4.78, 5) is 30.5. The van der Waals surface area contributed by atoms with E-state index in [4.69, 9.17) is 11.6 Å². The number of carbonyl (C=O) groups is 2. The van der Waals surface area contributed by atoms with Crippen LogP contribution in [0.25, 0.3) is 0 Å². The van der Waals surface area contributed by atoms with Gasteiger partial charge in [0, 0.05) is 36.2 Å². The molecule has 23 heavy (non-hydrogen) atoms. The first-order valence-corrected chi connectivity index (χ1v) is 7.82. The Balaban J connectivity index is 1.74. The van der Waals surface area contributed by atoms with Gasteiger partial charge in [-0.15, -0.1) is 0 Å². The molecule has 118 valence electrons. The van der Waals surface area contributed by atoms with Crippen molar-refractivity contribution in [2.24, 2.45) is 0 Å². The lowest BCUT2D eigenvalue weighted by molar-refractivity contribution is 0.0792. The van der Waals surface area contributed by atoms with Crippen LogP contribution in [0.4, 0.5) is 5.69 Å². The number of amides is 2. The molecule has 2 heterocycles. The maximum atomic E-state index is 12.4. The Hall–Kier alpha value is -2.40. The highest BCUT2D eigenvalue weighted by Crippen LogP contribution is 2.16. The van der Waals surface area contributed by atoms with E-state index in [2.05, 4.69) is 10.3 Å². The van der Waals surface area contributed by atoms with Crippen LogP contribution in [0, 0.1) is 0 Å². The van der Waals surface area contributed by atoms with E-state index in [1.807, 2.05) is 0 Å². The lowest BCUT2D eigenvalue weighted by Gasteiger charge is -2.15. The second kappa shape index (κ2) is 6.79. The standard InChI is InChI=1S/C17H16ClN3O2/c18-14-3-5-15(6-4-14)20-16(22)12-9-13(11-19-10-12)17(23)21-7-1-2-8-21/h3-6,9-11H,1-2,7-8H2,(H,20,22). The van der Waals surface area contributed by atoms with Crippen molar-refractivity contribution < 1.29 is 9.59 Å². The van der Waals surface area contributed by atoms with E-state index in [9.17, 15) is 9.59 Å². The van der Waals surface area contributed by atoms with Gasteiger partial charge in [-0.05, 0) is 43.2 Å². The molecule has 1 fully saturated rings. The Labute approximate surface area is 139 Å². The number of carbonyl (C=O) groups excluding carboxylic acids is 2. The molecule has 1 aliphatic heterocycles. The molecule has 3 rings (SSSR count). The molecule has 0 radical (unpaired) electrons. The topological polar surface area (TPSA) is 62.3 Å². The molecule has 2 aromatic rings. The van der Waals surface area contributed by atoms with Gasteiger partial charge >= 0.3 is 0 Å². The van der Waals surface area contributed by atoms with E-state index in [1.54, 1.807) is 35.2 Å². The summed E-state index contributed by atoms with van der Waals surface area (Å²) < 4.78 is 0. The van der Waals surface area contributed by atoms with Crippen molar-refractivity contribution >= 4 is 29.1 Å².